The molecule has 4 aliphatic heterocycles. The molecule has 2 aromatic carbocycles. The Labute approximate surface area is 559 Å². The van der Waals surface area contributed by atoms with Gasteiger partial charge in [0.1, 0.15) is 0 Å². The summed E-state index contributed by atoms with van der Waals surface area (Å²) < 4.78 is 82.4. The number of hydrogen-bond acceptors (Lipinski definition) is 12. The van der Waals surface area contributed by atoms with Crippen LogP contribution in [0.4, 0.5) is 26.3 Å². The number of nitrogens with one attached hydrogen (secondary N) is 6. The van der Waals surface area contributed by atoms with E-state index in [1.54, 1.807) is 24.5 Å². The van der Waals surface area contributed by atoms with Crippen LogP contribution >= 0.6 is 11.6 Å². The van der Waals surface area contributed by atoms with Crippen molar-refractivity contribution in [3.63, 3.8) is 0 Å². The van der Waals surface area contributed by atoms with Crippen LogP contribution in [-0.4, -0.2) is 163 Å². The number of benzene rings is 2. The molecular formula is C73H115ClF6N12O. The molecule has 1 amide bonds. The van der Waals surface area contributed by atoms with Crippen LogP contribution in [0.5, 0.6) is 0 Å². The zero-order valence-electron chi connectivity index (χ0n) is 58.1. The molecule has 1 aliphatic carbocycles. The van der Waals surface area contributed by atoms with Gasteiger partial charge in [0, 0.05) is 175 Å². The van der Waals surface area contributed by atoms with Crippen molar-refractivity contribution in [2.75, 3.05) is 73.0 Å². The average Bonchev–Trinajstić information content (AvgIpc) is 0.968. The first-order chi connectivity index (χ1) is 44.3. The summed E-state index contributed by atoms with van der Waals surface area (Å²) in [4.78, 5) is 30.9. The van der Waals surface area contributed by atoms with Gasteiger partial charge in [-0.15, -0.1) is 0 Å². The van der Waals surface area contributed by atoms with E-state index in [2.05, 4.69) is 127 Å². The third-order valence-electron chi connectivity index (χ3n) is 20.9. The second kappa shape index (κ2) is 35.6. The Morgan fingerprint density at radius 1 is 0.785 bits per heavy atom. The zero-order chi connectivity index (χ0) is 67.6. The molecule has 4 fully saturated rings. The van der Waals surface area contributed by atoms with Gasteiger partial charge in [-0.3, -0.25) is 14.7 Å². The van der Waals surface area contributed by atoms with E-state index in [1.807, 2.05) is 37.5 Å². The van der Waals surface area contributed by atoms with Crippen LogP contribution in [0.15, 0.2) is 95.4 Å². The molecule has 522 valence electrons. The van der Waals surface area contributed by atoms with E-state index >= 15 is 0 Å². The first-order valence-corrected chi connectivity index (χ1v) is 35.6. The van der Waals surface area contributed by atoms with E-state index in [1.165, 1.54) is 17.8 Å². The van der Waals surface area contributed by atoms with E-state index in [-0.39, 0.29) is 64.8 Å². The van der Waals surface area contributed by atoms with E-state index < -0.39 is 23.5 Å². The Morgan fingerprint density at radius 3 is 2.12 bits per heavy atom. The van der Waals surface area contributed by atoms with Crippen LogP contribution in [-0.2, 0) is 30.0 Å². The summed E-state index contributed by atoms with van der Waals surface area (Å²) in [6.07, 6.45) is 16.2. The van der Waals surface area contributed by atoms with Crippen LogP contribution in [0.1, 0.15) is 175 Å². The molecule has 13 nitrogen and oxygen atoms in total. The van der Waals surface area contributed by atoms with Gasteiger partial charge < -0.3 is 51.5 Å². The van der Waals surface area contributed by atoms with Crippen molar-refractivity contribution in [3.05, 3.63) is 118 Å². The molecule has 4 heterocycles. The largest absolute Gasteiger partial charge is 0.417 e. The number of fused-ring (bicyclic) bond motifs is 2. The minimum absolute atomic E-state index is 0.0517. The van der Waals surface area contributed by atoms with Gasteiger partial charge >= 0.3 is 12.4 Å². The number of aryl methyl sites for hydroxylation is 1. The summed E-state index contributed by atoms with van der Waals surface area (Å²) in [5.41, 5.74) is 2.54. The third kappa shape index (κ3) is 21.4. The second-order valence-corrected chi connectivity index (χ2v) is 28.7. The van der Waals surface area contributed by atoms with Crippen molar-refractivity contribution < 1.29 is 31.1 Å². The van der Waals surface area contributed by atoms with Crippen LogP contribution in [0.25, 0.3) is 0 Å². The first kappa shape index (κ1) is 75.7. The van der Waals surface area contributed by atoms with E-state index in [4.69, 9.17) is 16.6 Å². The molecule has 2 aromatic rings. The number of alkyl halides is 6. The lowest BCUT2D eigenvalue weighted by Gasteiger charge is -2.60. The standard InChI is InChI=1S/C73H115ClF6N12O/c1-13-51(6)66-45-85-65(41-50(4)5)64(15-3)86-46-67-68(70(93)90-37-18-19-38-90)55(10)92(67)69(52(7)14-2)54(9)87-71(31-16-17-32-71)49-82-35-34-81-33-30-59(28-24-57-25-29-62(63(74)43-57)73(78,79)80)83-36-40-88(11)47-61(42-56-22-26-58(27-23-56)72(75,76)77)89(12)48-60-21-20-39-91(60)53(8)44-84-66/h22-23,25-27,29-30,33,36,40,43,47-48,50-55,64-69,82-87H,13-21,24,28,31-32,34-35,37-39,41-42,44-46,49H2,1-12H3/t51-,52-,53-,54?,55?,64?,65-,66+,67?,68-,69-/m0/s1. The molecule has 3 saturated heterocycles. The Balaban J connectivity index is 1.21. The maximum Gasteiger partial charge on any atom is 0.417 e. The summed E-state index contributed by atoms with van der Waals surface area (Å²) in [7, 11) is 3.90. The summed E-state index contributed by atoms with van der Waals surface area (Å²) in [5.74, 6) is 1.50. The maximum absolute atomic E-state index is 14.8. The van der Waals surface area contributed by atoms with Crippen molar-refractivity contribution in [1.82, 2.24) is 56.4 Å². The fraction of sp³-hybridized carbons (Fsp3) is 0.699. The quantitative estimate of drug-likeness (QED) is 0.108. The lowest BCUT2D eigenvalue weighted by atomic mass is 9.74. The van der Waals surface area contributed by atoms with Gasteiger partial charge in [0.15, 0.2) is 0 Å². The Kier molecular flexibility index (Phi) is 29.0. The highest BCUT2D eigenvalue weighted by Crippen LogP contribution is 2.42. The molecule has 1 spiro atoms. The number of likely N-dealkylation sites (N-methyl/N-ethyl adjacent to an activating group) is 1. The Hall–Kier alpha value is -4.63. The number of carbonyl (C=O) groups is 1. The highest BCUT2D eigenvalue weighted by Gasteiger charge is 2.55. The minimum atomic E-state index is -4.57. The summed E-state index contributed by atoms with van der Waals surface area (Å²) in [6, 6.07) is 10.5. The molecule has 5 aliphatic rings. The van der Waals surface area contributed by atoms with Gasteiger partial charge in [-0.25, -0.2) is 0 Å². The van der Waals surface area contributed by atoms with Gasteiger partial charge in [0.05, 0.1) is 28.6 Å². The van der Waals surface area contributed by atoms with Crippen molar-refractivity contribution >= 4 is 23.7 Å². The van der Waals surface area contributed by atoms with Gasteiger partial charge in [-0.2, -0.15) is 26.3 Å². The molecule has 20 heteroatoms. The van der Waals surface area contributed by atoms with Crippen LogP contribution in [0.3, 0.4) is 0 Å². The molecule has 93 heavy (non-hydrogen) atoms. The fourth-order valence-electron chi connectivity index (χ4n) is 15.2. The minimum Gasteiger partial charge on any atom is -0.370 e. The normalized spacial score (nSPS) is 27.6. The third-order valence-corrected chi connectivity index (χ3v) is 21.2. The van der Waals surface area contributed by atoms with Crippen LogP contribution in [0, 0.1) is 23.7 Å². The topological polar surface area (TPSA) is 118 Å². The Bertz CT molecular complexity index is 2780. The van der Waals surface area contributed by atoms with Crippen molar-refractivity contribution in [3.8, 4) is 0 Å². The van der Waals surface area contributed by atoms with Gasteiger partial charge in [0.2, 0.25) is 5.91 Å². The highest BCUT2D eigenvalue weighted by atomic mass is 35.5. The summed E-state index contributed by atoms with van der Waals surface area (Å²) in [6.45, 7) is 30.2. The molecule has 1 saturated carbocycles. The molecule has 7 rings (SSSR count). The van der Waals surface area contributed by atoms with Gasteiger partial charge in [0.25, 0.3) is 0 Å². The SMILES string of the molecule is CCC1NCC2[C@@H](C(=O)N3CCCC3)C(C)N2[C@@H]([C@@H](C)CC)C(C)NC2(CCCC2)CNCCN=CC=C(CCc2ccc(C(F)(F)F)c(Cl)c2)NC=CN(C)C=C(Cc2ccc(C(F)(F)F)cc2)N(C)C=C2CCCN2[C@@H](C)CN[C@@H]([C@@H](C)CC)CN[C@H]1CC(C)C. The molecule has 4 unspecified atom stereocenters. The number of allylic oxidation sites excluding steroid dienone is 4. The maximum atomic E-state index is 14.8. The molecule has 6 N–H and O–H groups in total. The second-order valence-electron chi connectivity index (χ2n) is 28.3. The van der Waals surface area contributed by atoms with Gasteiger partial charge in [-0.1, -0.05) is 104 Å². The fourth-order valence-corrected chi connectivity index (χ4v) is 15.5. The highest BCUT2D eigenvalue weighted by molar-refractivity contribution is 6.31. The monoisotopic (exact) mass is 1320 g/mol. The van der Waals surface area contributed by atoms with Crippen LogP contribution < -0.4 is 31.9 Å². The number of carbonyl (C=O) groups excluding carboxylic acids is 1. The van der Waals surface area contributed by atoms with Crippen molar-refractivity contribution in [1.29, 1.82) is 0 Å². The molecule has 0 radical (unpaired) electrons. The van der Waals surface area contributed by atoms with E-state index in [9.17, 15) is 31.1 Å². The number of hydrogen-bond donors (Lipinski definition) is 6. The number of amides is 1. The lowest BCUT2D eigenvalue weighted by Crippen LogP contribution is -2.76. The molecule has 0 bridgehead atoms. The predicted octanol–water partition coefficient (Wildman–Crippen LogP) is 13.6. The molecular weight excluding hydrogens is 1210 g/mol. The number of nitrogens with zero attached hydrogens (tertiary/aromatic N) is 6. The summed E-state index contributed by atoms with van der Waals surface area (Å²) >= 11 is 6.17. The Morgan fingerprint density at radius 2 is 1.47 bits per heavy atom. The van der Waals surface area contributed by atoms with Crippen molar-refractivity contribution in [2.24, 2.45) is 28.7 Å². The van der Waals surface area contributed by atoms with Crippen LogP contribution in [0.2, 0.25) is 5.02 Å². The van der Waals surface area contributed by atoms with E-state index in [0.29, 0.717) is 61.6 Å². The number of aliphatic imine (C=N–C) groups is 1. The zero-order valence-corrected chi connectivity index (χ0v) is 58.9. The molecule has 0 aromatic heterocycles. The number of likely N-dealkylation sites (tertiary alicyclic amines) is 1. The average molecular weight is 1330 g/mol. The van der Waals surface area contributed by atoms with Gasteiger partial charge in [-0.05, 0) is 144 Å². The number of halogens is 7. The van der Waals surface area contributed by atoms with E-state index in [0.717, 1.165) is 158 Å². The number of rotatable bonds is 13. The van der Waals surface area contributed by atoms with Crippen molar-refractivity contribution in [2.45, 2.75) is 232 Å². The summed E-state index contributed by atoms with van der Waals surface area (Å²) in [5, 5.41) is 23.6. The first-order valence-electron chi connectivity index (χ1n) is 35.3. The molecule has 11 atom stereocenters. The predicted molar refractivity (Wildman–Crippen MR) is 370 cm³/mol. The lowest BCUT2D eigenvalue weighted by molar-refractivity contribution is -0.160. The smallest absolute Gasteiger partial charge is 0.370 e.